The summed E-state index contributed by atoms with van der Waals surface area (Å²) >= 11 is 0. The van der Waals surface area contributed by atoms with Gasteiger partial charge in [0.1, 0.15) is 6.10 Å². The summed E-state index contributed by atoms with van der Waals surface area (Å²) in [5, 5.41) is 5.18. The van der Waals surface area contributed by atoms with E-state index >= 15 is 0 Å². The summed E-state index contributed by atoms with van der Waals surface area (Å²) in [7, 11) is 0. The zero-order valence-corrected chi connectivity index (χ0v) is 10.7. The van der Waals surface area contributed by atoms with Crippen LogP contribution in [-0.2, 0) is 4.74 Å². The molecular weight excluding hydrogens is 232 g/mol. The zero-order valence-electron chi connectivity index (χ0n) is 10.7. The molecule has 0 N–H and O–H groups in total. The van der Waals surface area contributed by atoms with E-state index in [0.717, 1.165) is 25.6 Å². The molecule has 0 bridgehead atoms. The Morgan fingerprint density at radius 1 is 0.789 bits per heavy atom. The smallest absolute Gasteiger partial charge is 0.127 e. The number of rotatable bonds is 1. The lowest BCUT2D eigenvalue weighted by molar-refractivity contribution is 0.217. The van der Waals surface area contributed by atoms with Crippen LogP contribution in [0.2, 0.25) is 0 Å². The Labute approximate surface area is 112 Å². The lowest BCUT2D eigenvalue weighted by Crippen LogP contribution is -1.97. The van der Waals surface area contributed by atoms with Crippen molar-refractivity contribution >= 4 is 21.5 Å². The second-order valence-electron chi connectivity index (χ2n) is 5.10. The fourth-order valence-electron chi connectivity index (χ4n) is 2.92. The molecule has 0 saturated carbocycles. The van der Waals surface area contributed by atoms with Crippen molar-refractivity contribution in [2.24, 2.45) is 0 Å². The van der Waals surface area contributed by atoms with E-state index in [0.29, 0.717) is 0 Å². The van der Waals surface area contributed by atoms with E-state index < -0.39 is 0 Å². The van der Waals surface area contributed by atoms with Gasteiger partial charge in [0.05, 0.1) is 0 Å². The standard InChI is InChI=1S/C18H15O/c1-2-6-14-12-17-15(11-13(14)5-1)7-3-8-16(17)18-9-4-10-19-18/h1-3,5-8,11-12H,4,9-10H2. The van der Waals surface area contributed by atoms with Crippen molar-refractivity contribution in [1.82, 2.24) is 0 Å². The summed E-state index contributed by atoms with van der Waals surface area (Å²) in [6, 6.07) is 19.6. The van der Waals surface area contributed by atoms with Gasteiger partial charge in [-0.3, -0.25) is 0 Å². The number of hydrogen-bond acceptors (Lipinski definition) is 1. The second-order valence-corrected chi connectivity index (χ2v) is 5.10. The Balaban J connectivity index is 2.00. The Morgan fingerprint density at radius 2 is 1.58 bits per heavy atom. The average molecular weight is 247 g/mol. The zero-order chi connectivity index (χ0) is 12.7. The van der Waals surface area contributed by atoms with Crippen LogP contribution in [0.3, 0.4) is 0 Å². The van der Waals surface area contributed by atoms with Crippen molar-refractivity contribution < 1.29 is 4.74 Å². The largest absolute Gasteiger partial charge is 0.367 e. The number of benzene rings is 3. The highest BCUT2D eigenvalue weighted by atomic mass is 16.5. The molecule has 19 heavy (non-hydrogen) atoms. The maximum Gasteiger partial charge on any atom is 0.127 e. The molecule has 0 atom stereocenters. The fourth-order valence-corrected chi connectivity index (χ4v) is 2.92. The van der Waals surface area contributed by atoms with E-state index in [2.05, 4.69) is 54.6 Å². The minimum absolute atomic E-state index is 0.860. The van der Waals surface area contributed by atoms with E-state index in [1.807, 2.05) is 0 Å². The van der Waals surface area contributed by atoms with E-state index in [-0.39, 0.29) is 0 Å². The van der Waals surface area contributed by atoms with Crippen molar-refractivity contribution in [1.29, 1.82) is 0 Å². The van der Waals surface area contributed by atoms with E-state index in [1.165, 1.54) is 27.1 Å². The van der Waals surface area contributed by atoms with Crippen LogP contribution in [0.1, 0.15) is 18.4 Å². The molecule has 4 rings (SSSR count). The molecule has 1 aliphatic rings. The summed E-state index contributed by atoms with van der Waals surface area (Å²) in [6.07, 6.45) is 3.35. The molecule has 0 aromatic heterocycles. The maximum absolute atomic E-state index is 5.78. The van der Waals surface area contributed by atoms with Gasteiger partial charge < -0.3 is 4.74 Å². The van der Waals surface area contributed by atoms with Gasteiger partial charge in [-0.15, -0.1) is 0 Å². The number of ether oxygens (including phenoxy) is 1. The van der Waals surface area contributed by atoms with Crippen molar-refractivity contribution in [3.8, 4) is 0 Å². The van der Waals surface area contributed by atoms with Gasteiger partial charge in [0.2, 0.25) is 0 Å². The molecule has 1 nitrogen and oxygen atoms in total. The summed E-state index contributed by atoms with van der Waals surface area (Å²) < 4.78 is 5.78. The van der Waals surface area contributed by atoms with Gasteiger partial charge in [-0.25, -0.2) is 0 Å². The molecule has 1 aliphatic heterocycles. The van der Waals surface area contributed by atoms with Crippen LogP contribution in [-0.4, -0.2) is 6.61 Å². The summed E-state index contributed by atoms with van der Waals surface area (Å²) in [6.45, 7) is 0.860. The molecule has 93 valence electrons. The van der Waals surface area contributed by atoms with Crippen LogP contribution < -0.4 is 0 Å². The van der Waals surface area contributed by atoms with Crippen LogP contribution in [0.4, 0.5) is 0 Å². The Morgan fingerprint density at radius 3 is 2.37 bits per heavy atom. The van der Waals surface area contributed by atoms with Gasteiger partial charge in [-0.1, -0.05) is 42.5 Å². The summed E-state index contributed by atoms with van der Waals surface area (Å²) in [4.78, 5) is 0. The van der Waals surface area contributed by atoms with Gasteiger partial charge in [0.15, 0.2) is 0 Å². The SMILES string of the molecule is c1ccc2cc3c([C]4CCCO4)cccc3cc2c1. The minimum atomic E-state index is 0.860. The molecule has 0 spiro atoms. The number of fused-ring (bicyclic) bond motifs is 2. The molecule has 1 fully saturated rings. The van der Waals surface area contributed by atoms with Gasteiger partial charge in [-0.2, -0.15) is 0 Å². The van der Waals surface area contributed by atoms with E-state index in [9.17, 15) is 0 Å². The second kappa shape index (κ2) is 4.36. The number of hydrogen-bond donors (Lipinski definition) is 0. The predicted octanol–water partition coefficient (Wildman–Crippen LogP) is 4.68. The average Bonchev–Trinajstić information content (AvgIpc) is 2.98. The van der Waals surface area contributed by atoms with Gasteiger partial charge >= 0.3 is 0 Å². The minimum Gasteiger partial charge on any atom is -0.367 e. The first kappa shape index (κ1) is 11.0. The highest BCUT2D eigenvalue weighted by Crippen LogP contribution is 2.34. The third kappa shape index (κ3) is 1.82. The molecule has 0 amide bonds. The Bertz CT molecular complexity index is 739. The van der Waals surface area contributed by atoms with Crippen LogP contribution >= 0.6 is 0 Å². The van der Waals surface area contributed by atoms with Crippen molar-refractivity contribution in [3.63, 3.8) is 0 Å². The Hall–Kier alpha value is -1.86. The third-order valence-corrected chi connectivity index (χ3v) is 3.87. The first-order valence-electron chi connectivity index (χ1n) is 6.82. The quantitative estimate of drug-likeness (QED) is 0.567. The third-order valence-electron chi connectivity index (χ3n) is 3.87. The first-order valence-corrected chi connectivity index (χ1v) is 6.82. The molecule has 0 aliphatic carbocycles. The fraction of sp³-hybridized carbons (Fsp3) is 0.167. The first-order chi connectivity index (χ1) is 9.42. The van der Waals surface area contributed by atoms with Crippen molar-refractivity contribution in [2.75, 3.05) is 6.61 Å². The molecule has 0 unspecified atom stereocenters. The Kier molecular flexibility index (Phi) is 2.52. The molecular formula is C18H15O. The highest BCUT2D eigenvalue weighted by Gasteiger charge is 2.20. The van der Waals surface area contributed by atoms with Crippen LogP contribution in [0.5, 0.6) is 0 Å². The maximum atomic E-state index is 5.78. The highest BCUT2D eigenvalue weighted by molar-refractivity contribution is 6.00. The van der Waals surface area contributed by atoms with Gasteiger partial charge in [0, 0.05) is 6.61 Å². The molecule has 3 aromatic carbocycles. The van der Waals surface area contributed by atoms with Crippen molar-refractivity contribution in [3.05, 3.63) is 66.3 Å². The lowest BCUT2D eigenvalue weighted by Gasteiger charge is -2.12. The van der Waals surface area contributed by atoms with E-state index in [1.54, 1.807) is 0 Å². The monoisotopic (exact) mass is 247 g/mol. The predicted molar refractivity (Wildman–Crippen MR) is 79.0 cm³/mol. The van der Waals surface area contributed by atoms with Crippen LogP contribution in [0.25, 0.3) is 21.5 Å². The molecule has 1 radical (unpaired) electrons. The van der Waals surface area contributed by atoms with Crippen LogP contribution in [0, 0.1) is 6.10 Å². The normalized spacial score (nSPS) is 16.4. The molecule has 1 saturated heterocycles. The van der Waals surface area contributed by atoms with Gasteiger partial charge in [0.25, 0.3) is 0 Å². The topological polar surface area (TPSA) is 9.23 Å². The van der Waals surface area contributed by atoms with Gasteiger partial charge in [-0.05, 0) is 52.1 Å². The van der Waals surface area contributed by atoms with E-state index in [4.69, 9.17) is 4.74 Å². The summed E-state index contributed by atoms with van der Waals surface area (Å²) in [5.74, 6) is 0. The van der Waals surface area contributed by atoms with Crippen LogP contribution in [0.15, 0.2) is 54.6 Å². The molecule has 1 heterocycles. The molecule has 3 aromatic rings. The molecule has 1 heteroatoms. The summed E-state index contributed by atoms with van der Waals surface area (Å²) in [5.41, 5.74) is 1.26. The lowest BCUT2D eigenvalue weighted by atomic mass is 9.96. The van der Waals surface area contributed by atoms with Crippen molar-refractivity contribution in [2.45, 2.75) is 12.8 Å².